The SMILES string of the molecule is COC(=O)C/C=C\CCO[Si](C)(C)C. The molecule has 0 fully saturated rings. The molecule has 0 spiro atoms. The van der Waals surface area contributed by atoms with E-state index in [2.05, 4.69) is 24.4 Å². The lowest BCUT2D eigenvalue weighted by Gasteiger charge is -2.15. The number of esters is 1. The van der Waals surface area contributed by atoms with Crippen LogP contribution in [0.4, 0.5) is 0 Å². The van der Waals surface area contributed by atoms with Crippen molar-refractivity contribution in [1.82, 2.24) is 0 Å². The van der Waals surface area contributed by atoms with Gasteiger partial charge in [-0.3, -0.25) is 4.79 Å². The summed E-state index contributed by atoms with van der Waals surface area (Å²) in [7, 11) is 0.0217. The molecule has 0 aliphatic heterocycles. The number of methoxy groups -OCH3 is 1. The number of carbonyl (C=O) groups excluding carboxylic acids is 1. The van der Waals surface area contributed by atoms with Crippen LogP contribution >= 0.6 is 0 Å². The summed E-state index contributed by atoms with van der Waals surface area (Å²) in [5, 5.41) is 0. The second kappa shape index (κ2) is 6.78. The molecule has 0 amide bonds. The van der Waals surface area contributed by atoms with Crippen molar-refractivity contribution >= 4 is 14.3 Å². The van der Waals surface area contributed by atoms with E-state index in [0.717, 1.165) is 13.0 Å². The van der Waals surface area contributed by atoms with Crippen LogP contribution < -0.4 is 0 Å². The van der Waals surface area contributed by atoms with Crippen molar-refractivity contribution in [2.24, 2.45) is 0 Å². The molecule has 0 radical (unpaired) electrons. The Morgan fingerprint density at radius 3 is 2.43 bits per heavy atom. The maximum Gasteiger partial charge on any atom is 0.309 e. The number of rotatable bonds is 6. The minimum Gasteiger partial charge on any atom is -0.469 e. The van der Waals surface area contributed by atoms with Crippen molar-refractivity contribution in [2.75, 3.05) is 13.7 Å². The number of carbonyl (C=O) groups is 1. The highest BCUT2D eigenvalue weighted by atomic mass is 28.4. The van der Waals surface area contributed by atoms with Gasteiger partial charge in [0.2, 0.25) is 0 Å². The first-order valence-corrected chi connectivity index (χ1v) is 8.22. The van der Waals surface area contributed by atoms with Gasteiger partial charge in [0, 0.05) is 6.61 Å². The minimum atomic E-state index is -1.37. The summed E-state index contributed by atoms with van der Waals surface area (Å²) in [4.78, 5) is 10.7. The van der Waals surface area contributed by atoms with E-state index < -0.39 is 8.32 Å². The number of ether oxygens (including phenoxy) is 1. The zero-order valence-electron chi connectivity index (χ0n) is 9.50. The van der Waals surface area contributed by atoms with E-state index in [1.807, 2.05) is 12.2 Å². The van der Waals surface area contributed by atoms with Gasteiger partial charge in [-0.1, -0.05) is 12.2 Å². The van der Waals surface area contributed by atoms with E-state index >= 15 is 0 Å². The Morgan fingerprint density at radius 1 is 1.29 bits per heavy atom. The molecule has 0 heterocycles. The highest BCUT2D eigenvalue weighted by molar-refractivity contribution is 6.69. The normalized spacial score (nSPS) is 12.0. The maximum atomic E-state index is 10.7. The zero-order chi connectivity index (χ0) is 11.0. The van der Waals surface area contributed by atoms with E-state index in [1.54, 1.807) is 0 Å². The maximum absolute atomic E-state index is 10.7. The highest BCUT2D eigenvalue weighted by Gasteiger charge is 2.12. The first kappa shape index (κ1) is 13.4. The van der Waals surface area contributed by atoms with Crippen LogP contribution in [-0.2, 0) is 14.0 Å². The number of hydrogen-bond donors (Lipinski definition) is 0. The molecular formula is C10H20O3Si. The third-order valence-corrected chi connectivity index (χ3v) is 2.57. The average Bonchev–Trinajstić information content (AvgIpc) is 2.08. The molecule has 0 rings (SSSR count). The van der Waals surface area contributed by atoms with E-state index in [4.69, 9.17) is 4.43 Å². The van der Waals surface area contributed by atoms with Crippen molar-refractivity contribution in [3.8, 4) is 0 Å². The summed E-state index contributed by atoms with van der Waals surface area (Å²) >= 11 is 0. The summed E-state index contributed by atoms with van der Waals surface area (Å²) in [6, 6.07) is 0. The Balaban J connectivity index is 3.41. The molecule has 0 aromatic rings. The van der Waals surface area contributed by atoms with E-state index in [9.17, 15) is 4.79 Å². The van der Waals surface area contributed by atoms with Gasteiger partial charge in [0.05, 0.1) is 13.5 Å². The van der Waals surface area contributed by atoms with Gasteiger partial charge in [0.15, 0.2) is 8.32 Å². The molecule has 82 valence electrons. The van der Waals surface area contributed by atoms with Gasteiger partial charge in [-0.2, -0.15) is 0 Å². The van der Waals surface area contributed by atoms with Gasteiger partial charge in [-0.05, 0) is 26.1 Å². The van der Waals surface area contributed by atoms with Crippen molar-refractivity contribution in [3.63, 3.8) is 0 Å². The Labute approximate surface area is 87.2 Å². The molecule has 0 aromatic carbocycles. The van der Waals surface area contributed by atoms with Crippen LogP contribution in [0.5, 0.6) is 0 Å². The fourth-order valence-electron chi connectivity index (χ4n) is 0.814. The van der Waals surface area contributed by atoms with Crippen LogP contribution in [-0.4, -0.2) is 28.0 Å². The molecule has 3 nitrogen and oxygen atoms in total. The molecule has 0 saturated carbocycles. The summed E-state index contributed by atoms with van der Waals surface area (Å²) < 4.78 is 10.1. The van der Waals surface area contributed by atoms with Gasteiger partial charge in [-0.15, -0.1) is 0 Å². The van der Waals surface area contributed by atoms with Gasteiger partial charge in [-0.25, -0.2) is 0 Å². The Kier molecular flexibility index (Phi) is 6.49. The van der Waals surface area contributed by atoms with Crippen molar-refractivity contribution in [3.05, 3.63) is 12.2 Å². The molecule has 0 N–H and O–H groups in total. The van der Waals surface area contributed by atoms with Crippen LogP contribution in [0.1, 0.15) is 12.8 Å². The minimum absolute atomic E-state index is 0.202. The topological polar surface area (TPSA) is 35.5 Å². The van der Waals surface area contributed by atoms with Crippen molar-refractivity contribution in [1.29, 1.82) is 0 Å². The lowest BCUT2D eigenvalue weighted by atomic mass is 10.3. The standard InChI is InChI=1S/C10H20O3Si/c1-12-10(11)8-6-5-7-9-13-14(2,3)4/h5-6H,7-9H2,1-4H3/b6-5-. The lowest BCUT2D eigenvalue weighted by molar-refractivity contribution is -0.139. The quantitative estimate of drug-likeness (QED) is 0.296. The highest BCUT2D eigenvalue weighted by Crippen LogP contribution is 2.03. The van der Waals surface area contributed by atoms with Crippen LogP contribution in [0, 0.1) is 0 Å². The average molecular weight is 216 g/mol. The van der Waals surface area contributed by atoms with Gasteiger partial charge < -0.3 is 9.16 Å². The fraction of sp³-hybridized carbons (Fsp3) is 0.700. The molecule has 4 heteroatoms. The first-order valence-electron chi connectivity index (χ1n) is 4.81. The largest absolute Gasteiger partial charge is 0.469 e. The second-order valence-corrected chi connectivity index (χ2v) is 8.51. The molecule has 0 bridgehead atoms. The zero-order valence-corrected chi connectivity index (χ0v) is 10.5. The van der Waals surface area contributed by atoms with Crippen LogP contribution in [0.15, 0.2) is 12.2 Å². The van der Waals surface area contributed by atoms with Crippen LogP contribution in [0.25, 0.3) is 0 Å². The molecule has 0 unspecified atom stereocenters. The van der Waals surface area contributed by atoms with E-state index in [1.165, 1.54) is 7.11 Å². The predicted molar refractivity (Wildman–Crippen MR) is 59.7 cm³/mol. The molecular weight excluding hydrogens is 196 g/mol. The third-order valence-electron chi connectivity index (χ3n) is 1.50. The summed E-state index contributed by atoms with van der Waals surface area (Å²) in [6.07, 6.45) is 4.99. The summed E-state index contributed by atoms with van der Waals surface area (Å²) in [6.45, 7) is 7.22. The van der Waals surface area contributed by atoms with Gasteiger partial charge in [0.25, 0.3) is 0 Å². The summed E-state index contributed by atoms with van der Waals surface area (Å²) in [5.41, 5.74) is 0. The Hall–Kier alpha value is -0.613. The summed E-state index contributed by atoms with van der Waals surface area (Å²) in [5.74, 6) is -0.202. The molecule has 14 heavy (non-hydrogen) atoms. The Morgan fingerprint density at radius 2 is 1.93 bits per heavy atom. The first-order chi connectivity index (χ1) is 6.45. The monoisotopic (exact) mass is 216 g/mol. The molecule has 0 atom stereocenters. The molecule has 0 saturated heterocycles. The van der Waals surface area contributed by atoms with Gasteiger partial charge >= 0.3 is 5.97 Å². The third kappa shape index (κ3) is 9.47. The van der Waals surface area contributed by atoms with Crippen molar-refractivity contribution in [2.45, 2.75) is 32.5 Å². The molecule has 0 aliphatic carbocycles. The van der Waals surface area contributed by atoms with E-state index in [0.29, 0.717) is 6.42 Å². The molecule has 0 aromatic heterocycles. The second-order valence-electron chi connectivity index (χ2n) is 4.00. The molecule has 0 aliphatic rings. The number of hydrogen-bond acceptors (Lipinski definition) is 3. The van der Waals surface area contributed by atoms with Crippen LogP contribution in [0.2, 0.25) is 19.6 Å². The Bertz CT molecular complexity index is 194. The smallest absolute Gasteiger partial charge is 0.309 e. The van der Waals surface area contributed by atoms with E-state index in [-0.39, 0.29) is 5.97 Å². The van der Waals surface area contributed by atoms with Crippen LogP contribution in [0.3, 0.4) is 0 Å². The van der Waals surface area contributed by atoms with Crippen molar-refractivity contribution < 1.29 is 14.0 Å². The predicted octanol–water partition coefficient (Wildman–Crippen LogP) is 2.35. The fourth-order valence-corrected chi connectivity index (χ4v) is 1.54. The lowest BCUT2D eigenvalue weighted by Crippen LogP contribution is -2.25. The van der Waals surface area contributed by atoms with Gasteiger partial charge in [0.1, 0.15) is 0 Å².